The monoisotopic (exact) mass is 344 g/mol. The van der Waals surface area contributed by atoms with Gasteiger partial charge in [0.05, 0.1) is 0 Å². The Bertz CT molecular complexity index is 540. The number of hydrogen-bond donors (Lipinski definition) is 1. The van der Waals surface area contributed by atoms with Crippen LogP contribution in [0.5, 0.6) is 0 Å². The molecule has 0 aliphatic heterocycles. The Labute approximate surface area is 140 Å². The molecule has 1 aromatic rings. The van der Waals surface area contributed by atoms with Crippen molar-refractivity contribution < 1.29 is 22.8 Å². The largest absolute Gasteiger partial charge is 0.449 e. The first-order valence-electron chi connectivity index (χ1n) is 7.87. The molecule has 0 bridgehead atoms. The molecule has 7 heteroatoms. The molecule has 0 aliphatic rings. The molecule has 0 unspecified atom stereocenters. The zero-order chi connectivity index (χ0) is 18.2. The Kier molecular flexibility index (Phi) is 7.74. The third-order valence-corrected chi connectivity index (χ3v) is 3.54. The van der Waals surface area contributed by atoms with Crippen molar-refractivity contribution in [3.05, 3.63) is 24.3 Å². The number of halogens is 3. The summed E-state index contributed by atoms with van der Waals surface area (Å²) in [4.78, 5) is 24.4. The van der Waals surface area contributed by atoms with Gasteiger partial charge in [-0.05, 0) is 37.1 Å². The van der Waals surface area contributed by atoms with Gasteiger partial charge >= 0.3 is 6.18 Å². The van der Waals surface area contributed by atoms with Crippen molar-refractivity contribution in [2.24, 2.45) is 0 Å². The van der Waals surface area contributed by atoms with E-state index in [1.165, 1.54) is 0 Å². The average Bonchev–Trinajstić information content (AvgIpc) is 2.50. The predicted molar refractivity (Wildman–Crippen MR) is 88.2 cm³/mol. The summed E-state index contributed by atoms with van der Waals surface area (Å²) in [6.45, 7) is 0. The number of nitrogens with zero attached hydrogens (tertiary/aromatic N) is 1. The molecule has 0 spiro atoms. The lowest BCUT2D eigenvalue weighted by Crippen LogP contribution is -2.22. The van der Waals surface area contributed by atoms with Gasteiger partial charge in [-0.15, -0.1) is 0 Å². The van der Waals surface area contributed by atoms with Gasteiger partial charge in [-0.2, -0.15) is 13.2 Å². The molecule has 0 aliphatic carbocycles. The first kappa shape index (κ1) is 20.0. The lowest BCUT2D eigenvalue weighted by Gasteiger charge is -2.13. The molecule has 0 fully saturated rings. The first-order chi connectivity index (χ1) is 11.2. The van der Waals surface area contributed by atoms with E-state index >= 15 is 0 Å². The highest BCUT2D eigenvalue weighted by atomic mass is 19.4. The third-order valence-electron chi connectivity index (χ3n) is 3.54. The van der Waals surface area contributed by atoms with Crippen LogP contribution in [0.25, 0.3) is 0 Å². The van der Waals surface area contributed by atoms with Crippen molar-refractivity contribution in [2.75, 3.05) is 24.3 Å². The summed E-state index contributed by atoms with van der Waals surface area (Å²) in [6.07, 6.45) is -2.99. The smallest absolute Gasteiger partial charge is 0.378 e. The molecule has 134 valence electrons. The number of Topliss-reactive ketones (excluding diaryl/α,β-unsaturated/α-hetero) is 1. The normalized spacial score (nSPS) is 11.2. The number of carbonyl (C=O) groups is 2. The summed E-state index contributed by atoms with van der Waals surface area (Å²) in [7, 11) is 3.85. The number of hydrogen-bond acceptors (Lipinski definition) is 3. The maximum Gasteiger partial charge on any atom is 0.449 e. The van der Waals surface area contributed by atoms with Gasteiger partial charge in [0.2, 0.25) is 11.7 Å². The summed E-state index contributed by atoms with van der Waals surface area (Å²) in [5, 5.41) is 2.78. The lowest BCUT2D eigenvalue weighted by molar-refractivity contribution is -0.171. The van der Waals surface area contributed by atoms with E-state index in [2.05, 4.69) is 5.32 Å². The Morgan fingerprint density at radius 2 is 1.50 bits per heavy atom. The van der Waals surface area contributed by atoms with Gasteiger partial charge < -0.3 is 10.2 Å². The van der Waals surface area contributed by atoms with Crippen molar-refractivity contribution in [3.8, 4) is 0 Å². The number of ketones is 1. The van der Waals surface area contributed by atoms with Gasteiger partial charge in [-0.3, -0.25) is 9.59 Å². The second kappa shape index (κ2) is 9.30. The van der Waals surface area contributed by atoms with E-state index in [4.69, 9.17) is 0 Å². The third kappa shape index (κ3) is 7.48. The minimum absolute atomic E-state index is 0.126. The molecular formula is C17H23F3N2O2. The molecule has 4 nitrogen and oxygen atoms in total. The van der Waals surface area contributed by atoms with Crippen LogP contribution in [0.4, 0.5) is 24.5 Å². The van der Waals surface area contributed by atoms with Gasteiger partial charge in [0.1, 0.15) is 0 Å². The Balaban J connectivity index is 2.17. The highest BCUT2D eigenvalue weighted by Crippen LogP contribution is 2.20. The molecule has 24 heavy (non-hydrogen) atoms. The second-order valence-corrected chi connectivity index (χ2v) is 5.82. The van der Waals surface area contributed by atoms with Gasteiger partial charge in [0.15, 0.2) is 0 Å². The van der Waals surface area contributed by atoms with Crippen LogP contribution in [0.2, 0.25) is 0 Å². The van der Waals surface area contributed by atoms with Crippen molar-refractivity contribution >= 4 is 23.1 Å². The van der Waals surface area contributed by atoms with Crippen LogP contribution in [-0.4, -0.2) is 32.0 Å². The van der Waals surface area contributed by atoms with Crippen molar-refractivity contribution in [1.29, 1.82) is 0 Å². The fraction of sp³-hybridized carbons (Fsp3) is 0.529. The number of anilines is 2. The SMILES string of the molecule is CN(C)c1ccc(NC(=O)CCCCCCC(=O)C(F)(F)F)cc1. The molecule has 1 N–H and O–H groups in total. The molecule has 1 aromatic carbocycles. The van der Waals surface area contributed by atoms with Crippen LogP contribution in [-0.2, 0) is 9.59 Å². The fourth-order valence-electron chi connectivity index (χ4n) is 2.13. The molecule has 0 atom stereocenters. The van der Waals surface area contributed by atoms with Crippen molar-refractivity contribution in [3.63, 3.8) is 0 Å². The van der Waals surface area contributed by atoms with Crippen LogP contribution in [0, 0.1) is 0 Å². The van der Waals surface area contributed by atoms with E-state index in [0.717, 1.165) is 5.69 Å². The van der Waals surface area contributed by atoms with Crippen LogP contribution >= 0.6 is 0 Å². The molecule has 0 saturated carbocycles. The fourth-order valence-corrected chi connectivity index (χ4v) is 2.13. The number of carbonyl (C=O) groups excluding carboxylic acids is 2. The number of amides is 1. The van der Waals surface area contributed by atoms with E-state index in [0.29, 0.717) is 31.4 Å². The molecule has 0 saturated heterocycles. The highest BCUT2D eigenvalue weighted by molar-refractivity contribution is 5.90. The molecule has 0 aromatic heterocycles. The van der Waals surface area contributed by atoms with E-state index in [9.17, 15) is 22.8 Å². The molecule has 1 amide bonds. The molecule has 1 rings (SSSR count). The summed E-state index contributed by atoms with van der Waals surface area (Å²) in [6, 6.07) is 7.42. The first-order valence-corrected chi connectivity index (χ1v) is 7.87. The Morgan fingerprint density at radius 1 is 0.958 bits per heavy atom. The maximum atomic E-state index is 12.0. The summed E-state index contributed by atoms with van der Waals surface area (Å²) in [5.74, 6) is -1.81. The van der Waals surface area contributed by atoms with Crippen LogP contribution in [0.3, 0.4) is 0 Å². The number of unbranched alkanes of at least 4 members (excludes halogenated alkanes) is 3. The van der Waals surface area contributed by atoms with E-state index in [1.54, 1.807) is 0 Å². The standard InChI is InChI=1S/C17H23F3N2O2/c1-22(2)14-11-9-13(10-12-14)21-16(24)8-6-4-3-5-7-15(23)17(18,19)20/h9-12H,3-8H2,1-2H3,(H,21,24). The maximum absolute atomic E-state index is 12.0. The van der Waals surface area contributed by atoms with E-state index in [1.807, 2.05) is 43.3 Å². The topological polar surface area (TPSA) is 49.4 Å². The van der Waals surface area contributed by atoms with Crippen molar-refractivity contribution in [2.45, 2.75) is 44.7 Å². The highest BCUT2D eigenvalue weighted by Gasteiger charge is 2.36. The molecule has 0 heterocycles. The minimum Gasteiger partial charge on any atom is -0.378 e. The number of benzene rings is 1. The quantitative estimate of drug-likeness (QED) is 0.684. The summed E-state index contributed by atoms with van der Waals surface area (Å²) in [5.41, 5.74) is 1.74. The predicted octanol–water partition coefficient (Wildman–Crippen LogP) is 4.16. The zero-order valence-corrected chi connectivity index (χ0v) is 13.9. The van der Waals surface area contributed by atoms with Gasteiger partial charge in [-0.1, -0.05) is 12.8 Å². The van der Waals surface area contributed by atoms with Gasteiger partial charge in [0, 0.05) is 38.3 Å². The van der Waals surface area contributed by atoms with Crippen LogP contribution < -0.4 is 10.2 Å². The molecule has 0 radical (unpaired) electrons. The second-order valence-electron chi connectivity index (χ2n) is 5.82. The Morgan fingerprint density at radius 3 is 2.00 bits per heavy atom. The summed E-state index contributed by atoms with van der Waals surface area (Å²) < 4.78 is 36.0. The van der Waals surface area contributed by atoms with Gasteiger partial charge in [-0.25, -0.2) is 0 Å². The van der Waals surface area contributed by atoms with Crippen molar-refractivity contribution in [1.82, 2.24) is 0 Å². The van der Waals surface area contributed by atoms with Crippen LogP contribution in [0.1, 0.15) is 38.5 Å². The number of nitrogens with one attached hydrogen (secondary N) is 1. The number of rotatable bonds is 9. The van der Waals surface area contributed by atoms with Gasteiger partial charge in [0.25, 0.3) is 0 Å². The van der Waals surface area contributed by atoms with E-state index < -0.39 is 18.4 Å². The Hall–Kier alpha value is -2.05. The van der Waals surface area contributed by atoms with E-state index in [-0.39, 0.29) is 12.3 Å². The zero-order valence-electron chi connectivity index (χ0n) is 13.9. The van der Waals surface area contributed by atoms with Crippen LogP contribution in [0.15, 0.2) is 24.3 Å². The lowest BCUT2D eigenvalue weighted by atomic mass is 10.1. The average molecular weight is 344 g/mol. The minimum atomic E-state index is -4.73. The molecular weight excluding hydrogens is 321 g/mol. The summed E-state index contributed by atoms with van der Waals surface area (Å²) >= 11 is 0. The number of alkyl halides is 3.